The summed E-state index contributed by atoms with van der Waals surface area (Å²) in [5, 5.41) is 11.5. The lowest BCUT2D eigenvalue weighted by molar-refractivity contribution is -0.304. The van der Waals surface area contributed by atoms with Gasteiger partial charge in [0, 0.05) is 12.6 Å². The minimum absolute atomic E-state index is 0.171. The number of aliphatic hydroxyl groups is 1. The fourth-order valence-electron chi connectivity index (χ4n) is 3.91. The van der Waals surface area contributed by atoms with Gasteiger partial charge in [-0.25, -0.2) is 4.79 Å². The van der Waals surface area contributed by atoms with Crippen LogP contribution in [-0.2, 0) is 25.6 Å². The van der Waals surface area contributed by atoms with E-state index in [4.69, 9.17) is 18.9 Å². The van der Waals surface area contributed by atoms with Crippen molar-refractivity contribution in [3.63, 3.8) is 0 Å². The maximum atomic E-state index is 12.5. The summed E-state index contributed by atoms with van der Waals surface area (Å²) in [4.78, 5) is 18.4. The Hall–Kier alpha value is -2.43. The van der Waals surface area contributed by atoms with Gasteiger partial charge < -0.3 is 24.1 Å². The summed E-state index contributed by atoms with van der Waals surface area (Å²) in [7, 11) is 1.60. The van der Waals surface area contributed by atoms with Crippen LogP contribution in [0.15, 0.2) is 65.7 Å². The Balaban J connectivity index is 1.23. The van der Waals surface area contributed by atoms with Crippen molar-refractivity contribution in [2.45, 2.75) is 42.7 Å². The van der Waals surface area contributed by atoms with Crippen LogP contribution in [0, 0.1) is 0 Å². The number of hydrogen-bond donors (Lipinski definition) is 1. The second-order valence-electron chi connectivity index (χ2n) is 7.83. The Bertz CT molecular complexity index is 975. The number of amidine groups is 1. The maximum Gasteiger partial charge on any atom is 0.415 e. The maximum absolute atomic E-state index is 12.5. The number of amides is 1. The molecular weight excluding hydrogens is 432 g/mol. The average Bonchev–Trinajstić information content (AvgIpc) is 3.27. The van der Waals surface area contributed by atoms with Gasteiger partial charge in [0.1, 0.15) is 36.4 Å². The van der Waals surface area contributed by atoms with Gasteiger partial charge in [0.15, 0.2) is 11.5 Å². The summed E-state index contributed by atoms with van der Waals surface area (Å²) < 4.78 is 23.4. The first kappa shape index (κ1) is 21.4. The van der Waals surface area contributed by atoms with Gasteiger partial charge >= 0.3 is 6.09 Å². The van der Waals surface area contributed by atoms with Crippen LogP contribution in [0.25, 0.3) is 0 Å². The molecule has 0 aliphatic carbocycles. The molecule has 0 aromatic heterocycles. The van der Waals surface area contributed by atoms with E-state index in [1.165, 1.54) is 16.7 Å². The Kier molecular flexibility index (Phi) is 6.16. The highest BCUT2D eigenvalue weighted by Crippen LogP contribution is 2.41. The molecule has 6 atom stereocenters. The molecule has 0 radical (unpaired) electrons. The summed E-state index contributed by atoms with van der Waals surface area (Å²) in [6, 6.07) is 18.5. The second-order valence-corrected chi connectivity index (χ2v) is 8.89. The van der Waals surface area contributed by atoms with Crippen molar-refractivity contribution in [3.8, 4) is 0 Å². The molecule has 1 N–H and O–H groups in total. The van der Waals surface area contributed by atoms with Crippen molar-refractivity contribution in [2.75, 3.05) is 13.7 Å². The molecule has 3 heterocycles. The molecule has 2 fully saturated rings. The smallest absolute Gasteiger partial charge is 0.415 e. The summed E-state index contributed by atoms with van der Waals surface area (Å²) in [6.45, 7) is 0.472. The summed E-state index contributed by atoms with van der Waals surface area (Å²) in [6.07, 6.45) is -2.96. The van der Waals surface area contributed by atoms with E-state index < -0.39 is 42.2 Å². The van der Waals surface area contributed by atoms with E-state index in [1.807, 2.05) is 60.7 Å². The largest absolute Gasteiger partial charge is 0.444 e. The third kappa shape index (κ3) is 4.26. The number of aliphatic hydroxyl groups excluding tert-OH is 1. The molecule has 168 valence electrons. The Morgan fingerprint density at radius 3 is 2.62 bits per heavy atom. The molecule has 0 bridgehead atoms. The molecule has 3 aliphatic rings. The van der Waals surface area contributed by atoms with E-state index in [0.717, 1.165) is 11.1 Å². The van der Waals surface area contributed by atoms with E-state index in [1.54, 1.807) is 7.05 Å². The van der Waals surface area contributed by atoms with Crippen molar-refractivity contribution < 1.29 is 28.8 Å². The Labute approximate surface area is 190 Å². The summed E-state index contributed by atoms with van der Waals surface area (Å²) >= 11 is 1.29. The van der Waals surface area contributed by atoms with Crippen LogP contribution in [0.5, 0.6) is 0 Å². The monoisotopic (exact) mass is 456 g/mol. The van der Waals surface area contributed by atoms with E-state index >= 15 is 0 Å². The van der Waals surface area contributed by atoms with Crippen LogP contribution in [-0.4, -0.2) is 64.7 Å². The van der Waals surface area contributed by atoms with Crippen LogP contribution >= 0.6 is 11.8 Å². The molecule has 0 saturated carbocycles. The number of thioether (sulfide) groups is 1. The molecule has 5 rings (SSSR count). The van der Waals surface area contributed by atoms with Gasteiger partial charge in [0.25, 0.3) is 0 Å². The molecule has 8 nitrogen and oxygen atoms in total. The van der Waals surface area contributed by atoms with E-state index in [9.17, 15) is 9.90 Å². The lowest BCUT2D eigenvalue weighted by atomic mass is 9.97. The fraction of sp³-hybridized carbons (Fsp3) is 0.391. The normalized spacial score (nSPS) is 31.2. The lowest BCUT2D eigenvalue weighted by Gasteiger charge is -2.45. The van der Waals surface area contributed by atoms with Crippen LogP contribution in [0.3, 0.4) is 0 Å². The average molecular weight is 457 g/mol. The third-order valence-corrected chi connectivity index (χ3v) is 6.86. The molecule has 32 heavy (non-hydrogen) atoms. The number of carbonyl (C=O) groups excluding carboxylic acids is 1. The van der Waals surface area contributed by atoms with Crippen molar-refractivity contribution in [1.82, 2.24) is 4.90 Å². The van der Waals surface area contributed by atoms with Crippen molar-refractivity contribution in [2.24, 2.45) is 4.99 Å². The number of nitrogens with zero attached hydrogens (tertiary/aromatic N) is 2. The number of fused-ring (bicyclic) bond motifs is 2. The molecule has 0 spiro atoms. The zero-order chi connectivity index (χ0) is 22.1. The predicted octanol–water partition coefficient (Wildman–Crippen LogP) is 2.93. The quantitative estimate of drug-likeness (QED) is 0.760. The highest BCUT2D eigenvalue weighted by Gasteiger charge is 2.52. The van der Waals surface area contributed by atoms with Gasteiger partial charge in [-0.2, -0.15) is 0 Å². The standard InChI is InChI=1S/C23H24N2O6S/c1-25(23(27)29-12-14-8-4-2-5-9-14)22-24-17-18(26)19-16(30-21(17)32-22)13-28-20(31-19)15-10-6-3-7-11-15/h2-11,16-21,26H,12-13H2,1H3/t16-,17-,18-,19-,20?,21-/m1/s1. The SMILES string of the molecule is CN(C(=O)OCc1ccccc1)C1=N[C@@H]2[C@@H](O)[C@@H]3OC(c4ccccc4)OC[C@H]3O[C@@H]2S1. The predicted molar refractivity (Wildman–Crippen MR) is 118 cm³/mol. The van der Waals surface area contributed by atoms with Crippen molar-refractivity contribution in [1.29, 1.82) is 0 Å². The zero-order valence-corrected chi connectivity index (χ0v) is 18.3. The number of rotatable bonds is 3. The van der Waals surface area contributed by atoms with Crippen LogP contribution in [0.4, 0.5) is 4.79 Å². The van der Waals surface area contributed by atoms with E-state index in [0.29, 0.717) is 11.8 Å². The fourth-order valence-corrected chi connectivity index (χ4v) is 5.10. The van der Waals surface area contributed by atoms with Gasteiger partial charge in [-0.1, -0.05) is 72.4 Å². The van der Waals surface area contributed by atoms with E-state index in [2.05, 4.69) is 4.99 Å². The van der Waals surface area contributed by atoms with Crippen LogP contribution < -0.4 is 0 Å². The van der Waals surface area contributed by atoms with Gasteiger partial charge in [0.2, 0.25) is 0 Å². The number of hydrogen-bond acceptors (Lipinski definition) is 8. The third-order valence-electron chi connectivity index (χ3n) is 5.65. The highest BCUT2D eigenvalue weighted by atomic mass is 32.2. The first-order chi connectivity index (χ1) is 15.6. The molecule has 1 unspecified atom stereocenters. The molecular formula is C23H24N2O6S. The van der Waals surface area contributed by atoms with Crippen molar-refractivity contribution >= 4 is 23.0 Å². The highest BCUT2D eigenvalue weighted by molar-refractivity contribution is 8.14. The first-order valence-electron chi connectivity index (χ1n) is 10.4. The second kappa shape index (κ2) is 9.21. The lowest BCUT2D eigenvalue weighted by Crippen LogP contribution is -2.59. The van der Waals surface area contributed by atoms with E-state index in [-0.39, 0.29) is 6.61 Å². The van der Waals surface area contributed by atoms with Gasteiger partial charge in [0.05, 0.1) is 6.61 Å². The van der Waals surface area contributed by atoms with Gasteiger partial charge in [-0.05, 0) is 5.56 Å². The van der Waals surface area contributed by atoms with Crippen molar-refractivity contribution in [3.05, 3.63) is 71.8 Å². The van der Waals surface area contributed by atoms with Crippen LogP contribution in [0.2, 0.25) is 0 Å². The number of aliphatic imine (C=N–C) groups is 1. The molecule has 2 aromatic rings. The minimum Gasteiger partial charge on any atom is -0.444 e. The van der Waals surface area contributed by atoms with Gasteiger partial charge in [-0.15, -0.1) is 0 Å². The molecule has 3 aliphatic heterocycles. The molecule has 2 saturated heterocycles. The number of benzene rings is 2. The molecule has 1 amide bonds. The summed E-state index contributed by atoms with van der Waals surface area (Å²) in [5.41, 5.74) is 1.36. The Morgan fingerprint density at radius 2 is 1.88 bits per heavy atom. The molecule has 9 heteroatoms. The summed E-state index contributed by atoms with van der Waals surface area (Å²) in [5.74, 6) is 0. The molecule has 2 aromatic carbocycles. The Morgan fingerprint density at radius 1 is 1.16 bits per heavy atom. The topological polar surface area (TPSA) is 89.8 Å². The van der Waals surface area contributed by atoms with Crippen LogP contribution in [0.1, 0.15) is 17.4 Å². The zero-order valence-electron chi connectivity index (χ0n) is 17.4. The van der Waals surface area contributed by atoms with Gasteiger partial charge in [-0.3, -0.25) is 9.89 Å². The first-order valence-corrected chi connectivity index (χ1v) is 11.3. The minimum atomic E-state index is -0.882. The number of carbonyl (C=O) groups is 1. The number of ether oxygens (including phenoxy) is 4.